The average Bonchev–Trinajstić information content (AvgIpc) is 3.23. The first-order chi connectivity index (χ1) is 15.1. The molecule has 0 aromatic heterocycles. The molecule has 1 unspecified atom stereocenters. The first-order valence-corrected chi connectivity index (χ1v) is 11.0. The Bertz CT molecular complexity index is 956. The maximum absolute atomic E-state index is 12.5. The molecule has 0 radical (unpaired) electrons. The van der Waals surface area contributed by atoms with E-state index < -0.39 is 12.3 Å². The summed E-state index contributed by atoms with van der Waals surface area (Å²) in [6.07, 6.45) is 3.71. The monoisotopic (exact) mass is 427 g/mol. The van der Waals surface area contributed by atoms with Gasteiger partial charge in [-0.2, -0.15) is 13.9 Å². The molecule has 0 bridgehead atoms. The second kappa shape index (κ2) is 8.11. The Hall–Kier alpha value is -2.67. The number of likely N-dealkylation sites (tertiary alicyclic amines) is 1. The van der Waals surface area contributed by atoms with Gasteiger partial charge in [0.2, 0.25) is 5.72 Å². The Kier molecular flexibility index (Phi) is 5.30. The molecule has 3 aliphatic rings. The Labute approximate surface area is 181 Å². The van der Waals surface area contributed by atoms with Crippen LogP contribution >= 0.6 is 0 Å². The molecule has 1 atom stereocenters. The van der Waals surface area contributed by atoms with Crippen LogP contribution in [0, 0.1) is 0 Å². The molecule has 1 spiro atoms. The average molecular weight is 427 g/mol. The van der Waals surface area contributed by atoms with E-state index >= 15 is 0 Å². The SMILES string of the molecule is CCCN1CCC2(CC1)Oc1ccccc1C1CC(c3ccc(OC(F)F)cc3)=NN12. The molecule has 1 fully saturated rings. The molecule has 5 rings (SSSR count). The van der Waals surface area contributed by atoms with E-state index in [0.717, 1.165) is 67.9 Å². The van der Waals surface area contributed by atoms with E-state index in [9.17, 15) is 8.78 Å². The summed E-state index contributed by atoms with van der Waals surface area (Å²) in [5.74, 6) is 1.10. The lowest BCUT2D eigenvalue weighted by atomic mass is 9.90. The van der Waals surface area contributed by atoms with Crippen LogP contribution in [0.4, 0.5) is 8.78 Å². The van der Waals surface area contributed by atoms with Gasteiger partial charge < -0.3 is 14.4 Å². The summed E-state index contributed by atoms with van der Waals surface area (Å²) in [6, 6.07) is 15.1. The van der Waals surface area contributed by atoms with E-state index in [2.05, 4.69) is 33.7 Å². The second-order valence-corrected chi connectivity index (χ2v) is 8.44. The lowest BCUT2D eigenvalue weighted by Gasteiger charge is -2.51. The number of benzene rings is 2. The van der Waals surface area contributed by atoms with Crippen molar-refractivity contribution in [1.29, 1.82) is 0 Å². The van der Waals surface area contributed by atoms with Gasteiger partial charge in [0.05, 0.1) is 11.8 Å². The number of hydrogen-bond acceptors (Lipinski definition) is 5. The van der Waals surface area contributed by atoms with Gasteiger partial charge >= 0.3 is 6.61 Å². The highest BCUT2D eigenvalue weighted by Crippen LogP contribution is 2.49. The molecule has 2 aromatic carbocycles. The molecule has 0 N–H and O–H groups in total. The van der Waals surface area contributed by atoms with Gasteiger partial charge in [-0.25, -0.2) is 5.01 Å². The molecule has 0 saturated carbocycles. The fourth-order valence-electron chi connectivity index (χ4n) is 5.00. The number of halogens is 2. The number of hydrogen-bond donors (Lipinski definition) is 0. The van der Waals surface area contributed by atoms with Crippen LogP contribution in [0.2, 0.25) is 0 Å². The molecule has 164 valence electrons. The minimum atomic E-state index is -2.82. The van der Waals surface area contributed by atoms with E-state index in [1.807, 2.05) is 12.1 Å². The van der Waals surface area contributed by atoms with Gasteiger partial charge in [-0.3, -0.25) is 0 Å². The normalized spacial score (nSPS) is 22.1. The molecule has 3 heterocycles. The highest BCUT2D eigenvalue weighted by atomic mass is 19.3. The molecular weight excluding hydrogens is 400 g/mol. The van der Waals surface area contributed by atoms with Crippen LogP contribution in [0.3, 0.4) is 0 Å². The zero-order valence-electron chi connectivity index (χ0n) is 17.6. The molecule has 1 saturated heterocycles. The van der Waals surface area contributed by atoms with E-state index in [-0.39, 0.29) is 11.8 Å². The van der Waals surface area contributed by atoms with Crippen LogP contribution in [0.25, 0.3) is 0 Å². The maximum Gasteiger partial charge on any atom is 0.387 e. The highest BCUT2D eigenvalue weighted by molar-refractivity contribution is 6.02. The number of alkyl halides is 2. The van der Waals surface area contributed by atoms with Crippen molar-refractivity contribution in [1.82, 2.24) is 9.91 Å². The lowest BCUT2D eigenvalue weighted by molar-refractivity contribution is -0.149. The standard InChI is InChI=1S/C24H27F2N3O2/c1-2-13-28-14-11-24(12-15-28)29-21(19-5-3-4-6-22(19)31-24)16-20(27-29)17-7-9-18(10-8-17)30-23(25)26/h3-10,21,23H,2,11-16H2,1H3. The highest BCUT2D eigenvalue weighted by Gasteiger charge is 2.51. The first kappa shape index (κ1) is 20.2. The van der Waals surface area contributed by atoms with Crippen molar-refractivity contribution in [3.05, 3.63) is 59.7 Å². The van der Waals surface area contributed by atoms with Gasteiger partial charge in [0.1, 0.15) is 11.5 Å². The van der Waals surface area contributed by atoms with Crippen molar-refractivity contribution in [2.45, 2.75) is 51.0 Å². The van der Waals surface area contributed by atoms with Gasteiger partial charge in [-0.15, -0.1) is 0 Å². The summed E-state index contributed by atoms with van der Waals surface area (Å²) in [5, 5.41) is 7.21. The molecule has 0 amide bonds. The zero-order chi connectivity index (χ0) is 21.4. The Morgan fingerprint density at radius 1 is 1.13 bits per heavy atom. The van der Waals surface area contributed by atoms with Crippen LogP contribution < -0.4 is 9.47 Å². The van der Waals surface area contributed by atoms with Crippen molar-refractivity contribution in [2.75, 3.05) is 19.6 Å². The number of piperidine rings is 1. The summed E-state index contributed by atoms with van der Waals surface area (Å²) >= 11 is 0. The minimum absolute atomic E-state index is 0.120. The van der Waals surface area contributed by atoms with Gasteiger partial charge in [-0.05, 0) is 48.9 Å². The summed E-state index contributed by atoms with van der Waals surface area (Å²) in [4.78, 5) is 2.49. The fourth-order valence-corrected chi connectivity index (χ4v) is 5.00. The largest absolute Gasteiger partial charge is 0.466 e. The van der Waals surface area contributed by atoms with Crippen LogP contribution in [0.5, 0.6) is 11.5 Å². The fraction of sp³-hybridized carbons (Fsp3) is 0.458. The summed E-state index contributed by atoms with van der Waals surface area (Å²) < 4.78 is 36.1. The predicted molar refractivity (Wildman–Crippen MR) is 115 cm³/mol. The van der Waals surface area contributed by atoms with E-state index in [0.29, 0.717) is 0 Å². The van der Waals surface area contributed by atoms with Crippen LogP contribution in [0.1, 0.15) is 49.8 Å². The number of hydrazone groups is 1. The molecule has 3 aliphatic heterocycles. The van der Waals surface area contributed by atoms with Crippen molar-refractivity contribution in [3.63, 3.8) is 0 Å². The quantitative estimate of drug-likeness (QED) is 0.671. The molecule has 31 heavy (non-hydrogen) atoms. The predicted octanol–water partition coefficient (Wildman–Crippen LogP) is 5.03. The maximum atomic E-state index is 12.5. The number of fused-ring (bicyclic) bond motifs is 4. The third kappa shape index (κ3) is 3.76. The number of rotatable bonds is 5. The van der Waals surface area contributed by atoms with Gasteiger partial charge in [-0.1, -0.05) is 25.1 Å². The smallest absolute Gasteiger partial charge is 0.387 e. The molecule has 7 heteroatoms. The van der Waals surface area contributed by atoms with Gasteiger partial charge in [0.15, 0.2) is 0 Å². The van der Waals surface area contributed by atoms with Gasteiger partial charge in [0.25, 0.3) is 0 Å². The minimum Gasteiger partial charge on any atom is -0.466 e. The number of ether oxygens (including phenoxy) is 2. The third-order valence-corrected chi connectivity index (χ3v) is 6.50. The summed E-state index contributed by atoms with van der Waals surface area (Å²) in [7, 11) is 0. The van der Waals surface area contributed by atoms with Crippen LogP contribution in [0.15, 0.2) is 53.6 Å². The zero-order valence-corrected chi connectivity index (χ0v) is 17.6. The lowest BCUT2D eigenvalue weighted by Crippen LogP contribution is -2.59. The Morgan fingerprint density at radius 2 is 1.87 bits per heavy atom. The topological polar surface area (TPSA) is 37.3 Å². The Balaban J connectivity index is 1.45. The van der Waals surface area contributed by atoms with Crippen LogP contribution in [-0.2, 0) is 0 Å². The summed E-state index contributed by atoms with van der Waals surface area (Å²) in [6.45, 7) is 2.48. The molecular formula is C24H27F2N3O2. The van der Waals surface area contributed by atoms with Crippen molar-refractivity contribution < 1.29 is 18.3 Å². The second-order valence-electron chi connectivity index (χ2n) is 8.44. The van der Waals surface area contributed by atoms with Crippen molar-refractivity contribution in [3.8, 4) is 11.5 Å². The van der Waals surface area contributed by atoms with E-state index in [4.69, 9.17) is 9.84 Å². The van der Waals surface area contributed by atoms with Crippen molar-refractivity contribution >= 4 is 5.71 Å². The van der Waals surface area contributed by atoms with E-state index in [1.165, 1.54) is 0 Å². The number of para-hydroxylation sites is 1. The van der Waals surface area contributed by atoms with Gasteiger partial charge in [0, 0.05) is 37.9 Å². The molecule has 5 nitrogen and oxygen atoms in total. The third-order valence-electron chi connectivity index (χ3n) is 6.50. The van der Waals surface area contributed by atoms with E-state index in [1.54, 1.807) is 24.3 Å². The Morgan fingerprint density at radius 3 is 2.58 bits per heavy atom. The molecule has 0 aliphatic carbocycles. The first-order valence-electron chi connectivity index (χ1n) is 11.0. The van der Waals surface area contributed by atoms with Crippen LogP contribution in [-0.4, -0.2) is 47.6 Å². The summed E-state index contributed by atoms with van der Waals surface area (Å²) in [5.41, 5.74) is 2.58. The molecule has 2 aromatic rings. The van der Waals surface area contributed by atoms with Crippen molar-refractivity contribution in [2.24, 2.45) is 5.10 Å². The number of nitrogens with zero attached hydrogens (tertiary/aromatic N) is 3.